The van der Waals surface area contributed by atoms with Crippen molar-refractivity contribution in [2.45, 2.75) is 24.9 Å². The second-order valence-corrected chi connectivity index (χ2v) is 4.51. The van der Waals surface area contributed by atoms with Crippen LogP contribution in [0.15, 0.2) is 37.2 Å². The number of hydrogen-bond donors (Lipinski definition) is 1. The van der Waals surface area contributed by atoms with Gasteiger partial charge in [-0.15, -0.1) is 0 Å². The van der Waals surface area contributed by atoms with Gasteiger partial charge in [0.15, 0.2) is 0 Å². The molecule has 1 aliphatic heterocycles. The molecule has 1 amide bonds. The average Bonchev–Trinajstić information content (AvgIpc) is 2.90. The van der Waals surface area contributed by atoms with Crippen molar-refractivity contribution in [1.82, 2.24) is 9.88 Å². The van der Waals surface area contributed by atoms with Crippen molar-refractivity contribution in [1.29, 1.82) is 0 Å². The molecular weight excluding hydrogens is 260 g/mol. The second kappa shape index (κ2) is 6.18. The zero-order valence-electron chi connectivity index (χ0n) is 10.9. The van der Waals surface area contributed by atoms with Crippen LogP contribution in [0, 0.1) is 0 Å². The Balaban J connectivity index is 2.25. The molecule has 1 N–H and O–H groups in total. The number of aromatic nitrogens is 1. The number of carboxylic acids is 1. The molecule has 1 fully saturated rings. The Morgan fingerprint density at radius 2 is 2.35 bits per heavy atom. The van der Waals surface area contributed by atoms with Crippen LogP contribution in [0.25, 0.3) is 0 Å². The Labute approximate surface area is 116 Å². The van der Waals surface area contributed by atoms with Crippen LogP contribution in [0.2, 0.25) is 0 Å². The molecule has 1 aliphatic rings. The first-order valence-electron chi connectivity index (χ1n) is 6.34. The second-order valence-electron chi connectivity index (χ2n) is 4.51. The van der Waals surface area contributed by atoms with Gasteiger partial charge in [-0.25, -0.2) is 9.59 Å². The van der Waals surface area contributed by atoms with Crippen LogP contribution in [0.1, 0.15) is 24.4 Å². The number of ether oxygens (including phenoxy) is 1. The Kier molecular flexibility index (Phi) is 4.34. The molecule has 20 heavy (non-hydrogen) atoms. The number of amides is 1. The standard InChI is InChI=1S/C14H16N2O4/c1-2-8-20-14(19)16-11(5-6-12(16)13(17)18)10-4-3-7-15-9-10/h2-4,7,9,11-12H,1,5-6,8H2,(H,17,18)/t11-,12+/m1/s1. The molecule has 2 rings (SSSR count). The summed E-state index contributed by atoms with van der Waals surface area (Å²) in [6.07, 6.45) is 5.06. The third-order valence-electron chi connectivity index (χ3n) is 3.27. The highest BCUT2D eigenvalue weighted by Gasteiger charge is 2.42. The Hall–Kier alpha value is -2.37. The van der Waals surface area contributed by atoms with Crippen LogP contribution in [0.5, 0.6) is 0 Å². The molecule has 0 aliphatic carbocycles. The van der Waals surface area contributed by atoms with Gasteiger partial charge in [-0.2, -0.15) is 0 Å². The average molecular weight is 276 g/mol. The molecule has 1 aromatic rings. The Bertz CT molecular complexity index is 503. The summed E-state index contributed by atoms with van der Waals surface area (Å²) in [5.74, 6) is -1.02. The van der Waals surface area contributed by atoms with Crippen LogP contribution in [0.3, 0.4) is 0 Å². The number of rotatable bonds is 4. The van der Waals surface area contributed by atoms with Crippen molar-refractivity contribution < 1.29 is 19.4 Å². The van der Waals surface area contributed by atoms with Gasteiger partial charge in [-0.1, -0.05) is 18.7 Å². The maximum absolute atomic E-state index is 12.1. The van der Waals surface area contributed by atoms with E-state index in [0.29, 0.717) is 12.8 Å². The van der Waals surface area contributed by atoms with Gasteiger partial charge in [0.05, 0.1) is 6.04 Å². The van der Waals surface area contributed by atoms with Crippen molar-refractivity contribution in [2.24, 2.45) is 0 Å². The third-order valence-corrected chi connectivity index (χ3v) is 3.27. The van der Waals surface area contributed by atoms with Crippen molar-refractivity contribution in [3.05, 3.63) is 42.7 Å². The number of likely N-dealkylation sites (tertiary alicyclic amines) is 1. The van der Waals surface area contributed by atoms with Gasteiger partial charge in [-0.3, -0.25) is 9.88 Å². The SMILES string of the molecule is C=CCOC(=O)N1[C@@H](c2cccnc2)CC[C@H]1C(=O)O. The molecule has 0 aromatic carbocycles. The van der Waals surface area contributed by atoms with Crippen LogP contribution >= 0.6 is 0 Å². The van der Waals surface area contributed by atoms with Gasteiger partial charge >= 0.3 is 12.1 Å². The molecule has 0 saturated carbocycles. The van der Waals surface area contributed by atoms with E-state index in [1.165, 1.54) is 11.0 Å². The monoisotopic (exact) mass is 276 g/mol. The lowest BCUT2D eigenvalue weighted by Crippen LogP contribution is -2.42. The maximum atomic E-state index is 12.1. The molecule has 6 nitrogen and oxygen atoms in total. The number of aliphatic carboxylic acids is 1. The summed E-state index contributed by atoms with van der Waals surface area (Å²) in [4.78, 5) is 28.7. The van der Waals surface area contributed by atoms with E-state index in [-0.39, 0.29) is 12.6 Å². The molecule has 1 aromatic heterocycles. The predicted octanol–water partition coefficient (Wildman–Crippen LogP) is 1.99. The first-order valence-corrected chi connectivity index (χ1v) is 6.34. The van der Waals surface area contributed by atoms with Gasteiger partial charge < -0.3 is 9.84 Å². The molecular formula is C14H16N2O4. The van der Waals surface area contributed by atoms with Crippen molar-refractivity contribution >= 4 is 12.1 Å². The first kappa shape index (κ1) is 14.0. The van der Waals surface area contributed by atoms with Crippen LogP contribution in [0.4, 0.5) is 4.79 Å². The minimum absolute atomic E-state index is 0.0570. The van der Waals surface area contributed by atoms with Gasteiger partial charge in [-0.05, 0) is 24.5 Å². The zero-order chi connectivity index (χ0) is 14.5. The third kappa shape index (κ3) is 2.79. The van der Waals surface area contributed by atoms with E-state index in [4.69, 9.17) is 4.74 Å². The molecule has 2 heterocycles. The minimum Gasteiger partial charge on any atom is -0.480 e. The Morgan fingerprint density at radius 1 is 1.55 bits per heavy atom. The van der Waals surface area contributed by atoms with E-state index in [2.05, 4.69) is 11.6 Å². The van der Waals surface area contributed by atoms with Gasteiger partial charge in [0, 0.05) is 12.4 Å². The molecule has 6 heteroatoms. The lowest BCUT2D eigenvalue weighted by molar-refractivity contribution is -0.142. The largest absolute Gasteiger partial charge is 0.480 e. The number of hydrogen-bond acceptors (Lipinski definition) is 4. The van der Waals surface area contributed by atoms with Gasteiger partial charge in [0.2, 0.25) is 0 Å². The van der Waals surface area contributed by atoms with Crippen LogP contribution in [-0.2, 0) is 9.53 Å². The van der Waals surface area contributed by atoms with E-state index >= 15 is 0 Å². The summed E-state index contributed by atoms with van der Waals surface area (Å²) in [6, 6.07) is 2.41. The molecule has 2 atom stereocenters. The van der Waals surface area contributed by atoms with Crippen molar-refractivity contribution in [3.8, 4) is 0 Å². The van der Waals surface area contributed by atoms with Crippen molar-refractivity contribution in [2.75, 3.05) is 6.61 Å². The van der Waals surface area contributed by atoms with E-state index in [0.717, 1.165) is 5.56 Å². The molecule has 0 radical (unpaired) electrons. The minimum atomic E-state index is -1.02. The lowest BCUT2D eigenvalue weighted by Gasteiger charge is -2.27. The summed E-state index contributed by atoms with van der Waals surface area (Å²) in [5.41, 5.74) is 0.812. The van der Waals surface area contributed by atoms with Crippen LogP contribution in [-0.4, -0.2) is 39.7 Å². The highest BCUT2D eigenvalue weighted by Crippen LogP contribution is 2.36. The molecule has 0 bridgehead atoms. The number of carboxylic acid groups (broad SMARTS) is 1. The zero-order valence-corrected chi connectivity index (χ0v) is 10.9. The lowest BCUT2D eigenvalue weighted by atomic mass is 10.1. The fourth-order valence-corrected chi connectivity index (χ4v) is 2.41. The summed E-state index contributed by atoms with van der Waals surface area (Å²) in [5, 5.41) is 9.24. The fourth-order valence-electron chi connectivity index (χ4n) is 2.41. The molecule has 1 saturated heterocycles. The van der Waals surface area contributed by atoms with E-state index in [9.17, 15) is 14.7 Å². The first-order chi connectivity index (χ1) is 9.65. The highest BCUT2D eigenvalue weighted by molar-refractivity contribution is 5.81. The number of nitrogens with zero attached hydrogens (tertiary/aromatic N) is 2. The summed E-state index contributed by atoms with van der Waals surface area (Å²) < 4.78 is 4.99. The van der Waals surface area contributed by atoms with Gasteiger partial charge in [0.1, 0.15) is 12.6 Å². The Morgan fingerprint density at radius 3 is 2.95 bits per heavy atom. The summed E-state index contributed by atoms with van der Waals surface area (Å²) >= 11 is 0. The van der Waals surface area contributed by atoms with Crippen LogP contribution < -0.4 is 0 Å². The molecule has 106 valence electrons. The highest BCUT2D eigenvalue weighted by atomic mass is 16.6. The fraction of sp³-hybridized carbons (Fsp3) is 0.357. The maximum Gasteiger partial charge on any atom is 0.411 e. The molecule has 0 unspecified atom stereocenters. The number of carbonyl (C=O) groups is 2. The van der Waals surface area contributed by atoms with E-state index < -0.39 is 18.1 Å². The molecule has 0 spiro atoms. The summed E-state index contributed by atoms with van der Waals surface area (Å²) in [6.45, 7) is 3.53. The van der Waals surface area contributed by atoms with Gasteiger partial charge in [0.25, 0.3) is 0 Å². The normalized spacial score (nSPS) is 21.5. The smallest absolute Gasteiger partial charge is 0.411 e. The van der Waals surface area contributed by atoms with Crippen molar-refractivity contribution in [3.63, 3.8) is 0 Å². The van der Waals surface area contributed by atoms with E-state index in [1.54, 1.807) is 18.5 Å². The quantitative estimate of drug-likeness (QED) is 0.851. The van der Waals surface area contributed by atoms with E-state index in [1.807, 2.05) is 6.07 Å². The number of pyridine rings is 1. The predicted molar refractivity (Wildman–Crippen MR) is 71.0 cm³/mol. The topological polar surface area (TPSA) is 79.7 Å². The summed E-state index contributed by atoms with van der Waals surface area (Å²) in [7, 11) is 0. The number of carbonyl (C=O) groups excluding carboxylic acids is 1.